The molecule has 2 aromatic rings. The number of anilines is 1. The Morgan fingerprint density at radius 3 is 2.24 bits per heavy atom. The summed E-state index contributed by atoms with van der Waals surface area (Å²) in [6.45, 7) is 1.60. The van der Waals surface area contributed by atoms with Crippen molar-refractivity contribution in [2.45, 2.75) is 12.6 Å². The van der Waals surface area contributed by atoms with Crippen molar-refractivity contribution in [1.82, 2.24) is 4.90 Å². The lowest BCUT2D eigenvalue weighted by Crippen LogP contribution is -2.16. The molecule has 0 aliphatic heterocycles. The Kier molecular flexibility index (Phi) is 5.78. The van der Waals surface area contributed by atoms with E-state index in [-0.39, 0.29) is 6.04 Å². The highest BCUT2D eigenvalue weighted by molar-refractivity contribution is 5.47. The van der Waals surface area contributed by atoms with Crippen molar-refractivity contribution >= 4 is 5.69 Å². The van der Waals surface area contributed by atoms with Crippen molar-refractivity contribution in [3.63, 3.8) is 0 Å². The molecule has 21 heavy (non-hydrogen) atoms. The van der Waals surface area contributed by atoms with Crippen LogP contribution < -0.4 is 5.32 Å². The molecule has 2 rings (SSSR count). The molecule has 0 aromatic heterocycles. The molecule has 0 aliphatic rings. The fraction of sp³-hybridized carbons (Fsp3) is 0.333. The second-order valence-electron chi connectivity index (χ2n) is 5.50. The van der Waals surface area contributed by atoms with E-state index in [1.165, 1.54) is 11.1 Å². The average molecular weight is 284 g/mol. The smallest absolute Gasteiger partial charge is 0.0747 e. The van der Waals surface area contributed by atoms with E-state index in [2.05, 4.69) is 72.8 Å². The Morgan fingerprint density at radius 1 is 1.00 bits per heavy atom. The monoisotopic (exact) mass is 284 g/mol. The second kappa shape index (κ2) is 7.81. The van der Waals surface area contributed by atoms with Crippen LogP contribution in [0, 0.1) is 0 Å². The van der Waals surface area contributed by atoms with E-state index in [9.17, 15) is 0 Å². The Labute approximate surface area is 127 Å². The summed E-state index contributed by atoms with van der Waals surface area (Å²) < 4.78 is 5.34. The predicted molar refractivity (Wildman–Crippen MR) is 88.5 cm³/mol. The van der Waals surface area contributed by atoms with Crippen LogP contribution in [0.1, 0.15) is 17.2 Å². The highest BCUT2D eigenvalue weighted by Gasteiger charge is 2.10. The molecule has 3 nitrogen and oxygen atoms in total. The highest BCUT2D eigenvalue weighted by Crippen LogP contribution is 2.20. The molecular formula is C18H24N2O. The van der Waals surface area contributed by atoms with Crippen LogP contribution in [0.15, 0.2) is 54.6 Å². The molecule has 3 heteroatoms. The molecule has 0 heterocycles. The SMILES string of the molecule is COCC(Nc1ccc(CN(C)C)cc1)c1ccccc1. The molecule has 0 saturated heterocycles. The van der Waals surface area contributed by atoms with E-state index in [4.69, 9.17) is 4.74 Å². The van der Waals surface area contributed by atoms with Crippen LogP contribution >= 0.6 is 0 Å². The molecule has 1 unspecified atom stereocenters. The molecule has 112 valence electrons. The van der Waals surface area contributed by atoms with Gasteiger partial charge in [-0.3, -0.25) is 0 Å². The van der Waals surface area contributed by atoms with E-state index in [0.717, 1.165) is 12.2 Å². The average Bonchev–Trinajstić information content (AvgIpc) is 2.49. The molecule has 0 bridgehead atoms. The molecule has 0 fully saturated rings. The number of ether oxygens (including phenoxy) is 1. The van der Waals surface area contributed by atoms with Crippen LogP contribution in [0.2, 0.25) is 0 Å². The molecule has 1 atom stereocenters. The number of methoxy groups -OCH3 is 1. The lowest BCUT2D eigenvalue weighted by molar-refractivity contribution is 0.186. The maximum Gasteiger partial charge on any atom is 0.0747 e. The molecule has 2 aromatic carbocycles. The van der Waals surface area contributed by atoms with Crippen molar-refractivity contribution in [1.29, 1.82) is 0 Å². The third-order valence-electron chi connectivity index (χ3n) is 3.33. The van der Waals surface area contributed by atoms with Gasteiger partial charge in [0.05, 0.1) is 12.6 Å². The summed E-state index contributed by atoms with van der Waals surface area (Å²) in [7, 11) is 5.89. The van der Waals surface area contributed by atoms with Gasteiger partial charge in [-0.05, 0) is 37.4 Å². The highest BCUT2D eigenvalue weighted by atomic mass is 16.5. The summed E-state index contributed by atoms with van der Waals surface area (Å²) in [4.78, 5) is 2.17. The van der Waals surface area contributed by atoms with Gasteiger partial charge in [0.2, 0.25) is 0 Å². The molecule has 0 radical (unpaired) electrons. The number of rotatable bonds is 7. The summed E-state index contributed by atoms with van der Waals surface area (Å²) >= 11 is 0. The zero-order chi connectivity index (χ0) is 15.1. The van der Waals surface area contributed by atoms with Crippen LogP contribution in [0.5, 0.6) is 0 Å². The predicted octanol–water partition coefficient (Wildman–Crippen LogP) is 3.55. The molecule has 0 saturated carbocycles. The van der Waals surface area contributed by atoms with Crippen molar-refractivity contribution in [2.24, 2.45) is 0 Å². The third kappa shape index (κ3) is 4.88. The zero-order valence-electron chi connectivity index (χ0n) is 13.0. The lowest BCUT2D eigenvalue weighted by Gasteiger charge is -2.20. The fourth-order valence-corrected chi connectivity index (χ4v) is 2.35. The van der Waals surface area contributed by atoms with Crippen LogP contribution in [0.3, 0.4) is 0 Å². The first-order valence-corrected chi connectivity index (χ1v) is 7.23. The number of benzene rings is 2. The minimum Gasteiger partial charge on any atom is -0.382 e. The van der Waals surface area contributed by atoms with Crippen LogP contribution in [0.25, 0.3) is 0 Å². The maximum atomic E-state index is 5.34. The molecule has 1 N–H and O–H groups in total. The Balaban J connectivity index is 2.06. The first-order chi connectivity index (χ1) is 10.2. The van der Waals surface area contributed by atoms with Gasteiger partial charge in [0, 0.05) is 19.3 Å². The first kappa shape index (κ1) is 15.5. The maximum absolute atomic E-state index is 5.34. The zero-order valence-corrected chi connectivity index (χ0v) is 13.0. The van der Waals surface area contributed by atoms with Crippen molar-refractivity contribution in [3.05, 3.63) is 65.7 Å². The van der Waals surface area contributed by atoms with Gasteiger partial charge in [0.25, 0.3) is 0 Å². The number of nitrogens with one attached hydrogen (secondary N) is 1. The standard InChI is InChI=1S/C18H24N2O/c1-20(2)13-15-9-11-17(12-10-15)19-18(14-21-3)16-7-5-4-6-8-16/h4-12,18-19H,13-14H2,1-3H3. The van der Waals surface area contributed by atoms with E-state index in [1.54, 1.807) is 7.11 Å². The summed E-state index contributed by atoms with van der Waals surface area (Å²) in [6.07, 6.45) is 0. The topological polar surface area (TPSA) is 24.5 Å². The van der Waals surface area contributed by atoms with Gasteiger partial charge in [-0.1, -0.05) is 42.5 Å². The Morgan fingerprint density at radius 2 is 1.67 bits per heavy atom. The van der Waals surface area contributed by atoms with E-state index in [1.807, 2.05) is 6.07 Å². The molecule has 0 amide bonds. The number of nitrogens with zero attached hydrogens (tertiary/aromatic N) is 1. The van der Waals surface area contributed by atoms with Crippen LogP contribution in [-0.4, -0.2) is 32.7 Å². The van der Waals surface area contributed by atoms with E-state index < -0.39 is 0 Å². The van der Waals surface area contributed by atoms with Gasteiger partial charge in [-0.15, -0.1) is 0 Å². The number of hydrogen-bond donors (Lipinski definition) is 1. The second-order valence-corrected chi connectivity index (χ2v) is 5.50. The largest absolute Gasteiger partial charge is 0.382 e. The minimum absolute atomic E-state index is 0.163. The molecule has 0 spiro atoms. The molecular weight excluding hydrogens is 260 g/mol. The van der Waals surface area contributed by atoms with Gasteiger partial charge < -0.3 is 15.0 Å². The van der Waals surface area contributed by atoms with Gasteiger partial charge in [-0.2, -0.15) is 0 Å². The lowest BCUT2D eigenvalue weighted by atomic mass is 10.1. The van der Waals surface area contributed by atoms with Crippen LogP contribution in [-0.2, 0) is 11.3 Å². The Hall–Kier alpha value is -1.84. The van der Waals surface area contributed by atoms with E-state index in [0.29, 0.717) is 6.61 Å². The molecule has 0 aliphatic carbocycles. The van der Waals surface area contributed by atoms with Crippen molar-refractivity contribution in [3.8, 4) is 0 Å². The first-order valence-electron chi connectivity index (χ1n) is 7.23. The van der Waals surface area contributed by atoms with Crippen molar-refractivity contribution < 1.29 is 4.74 Å². The quantitative estimate of drug-likeness (QED) is 0.841. The van der Waals surface area contributed by atoms with E-state index >= 15 is 0 Å². The van der Waals surface area contributed by atoms with Crippen LogP contribution in [0.4, 0.5) is 5.69 Å². The van der Waals surface area contributed by atoms with Gasteiger partial charge in [-0.25, -0.2) is 0 Å². The summed E-state index contributed by atoms with van der Waals surface area (Å²) in [6, 6.07) is 19.1. The fourth-order valence-electron chi connectivity index (χ4n) is 2.35. The summed E-state index contributed by atoms with van der Waals surface area (Å²) in [5, 5.41) is 3.54. The minimum atomic E-state index is 0.163. The van der Waals surface area contributed by atoms with Crippen molar-refractivity contribution in [2.75, 3.05) is 33.1 Å². The van der Waals surface area contributed by atoms with Gasteiger partial charge in [0.1, 0.15) is 0 Å². The van der Waals surface area contributed by atoms with Gasteiger partial charge in [0.15, 0.2) is 0 Å². The summed E-state index contributed by atoms with van der Waals surface area (Å²) in [5.74, 6) is 0. The Bertz CT molecular complexity index is 523. The third-order valence-corrected chi connectivity index (χ3v) is 3.33. The summed E-state index contributed by atoms with van der Waals surface area (Å²) in [5.41, 5.74) is 3.66. The van der Waals surface area contributed by atoms with Gasteiger partial charge >= 0.3 is 0 Å². The normalized spacial score (nSPS) is 12.4. The number of hydrogen-bond acceptors (Lipinski definition) is 3.